The van der Waals surface area contributed by atoms with E-state index < -0.39 is 0 Å². The number of carbonyl (C=O) groups is 1. The van der Waals surface area contributed by atoms with Crippen molar-refractivity contribution in [3.05, 3.63) is 71.8 Å². The molecule has 2 aromatic carbocycles. The predicted octanol–water partition coefficient (Wildman–Crippen LogP) is 4.13. The quantitative estimate of drug-likeness (QED) is 0.614. The zero-order valence-electron chi connectivity index (χ0n) is 18.6. The van der Waals surface area contributed by atoms with E-state index in [1.807, 2.05) is 36.4 Å². The van der Waals surface area contributed by atoms with E-state index in [0.29, 0.717) is 12.2 Å². The summed E-state index contributed by atoms with van der Waals surface area (Å²) < 4.78 is 13.2. The van der Waals surface area contributed by atoms with E-state index in [-0.39, 0.29) is 17.8 Å². The molecule has 2 N–H and O–H groups in total. The van der Waals surface area contributed by atoms with Crippen LogP contribution in [0.5, 0.6) is 0 Å². The zero-order valence-corrected chi connectivity index (χ0v) is 18.6. The summed E-state index contributed by atoms with van der Waals surface area (Å²) >= 11 is 0. The second-order valence-electron chi connectivity index (χ2n) is 8.56. The van der Waals surface area contributed by atoms with Gasteiger partial charge in [0.25, 0.3) is 0 Å². The van der Waals surface area contributed by atoms with Gasteiger partial charge in [-0.1, -0.05) is 18.2 Å². The fraction of sp³-hybridized carbons (Fsp3) is 0.320. The Morgan fingerprint density at radius 3 is 2.58 bits per heavy atom. The van der Waals surface area contributed by atoms with Crippen LogP contribution in [-0.2, 0) is 11.2 Å². The lowest BCUT2D eigenvalue weighted by atomic mass is 10.0. The SMILES string of the molecule is CC(c1ccc(F)cc1)N1CCN(c2cc(Nc3ccc4c(c3)NC(=O)CC4)ncn2)CC1. The smallest absolute Gasteiger partial charge is 0.224 e. The number of nitrogens with one attached hydrogen (secondary N) is 2. The van der Waals surface area contributed by atoms with E-state index in [9.17, 15) is 9.18 Å². The van der Waals surface area contributed by atoms with Crippen LogP contribution in [0.3, 0.4) is 0 Å². The third kappa shape index (κ3) is 4.80. The van der Waals surface area contributed by atoms with E-state index in [1.165, 1.54) is 12.1 Å². The van der Waals surface area contributed by atoms with Crippen molar-refractivity contribution in [2.45, 2.75) is 25.8 Å². The number of anilines is 4. The average Bonchev–Trinajstić information content (AvgIpc) is 2.84. The number of piperazine rings is 1. The molecule has 0 bridgehead atoms. The molecule has 0 radical (unpaired) electrons. The topological polar surface area (TPSA) is 73.4 Å². The van der Waals surface area contributed by atoms with Crippen LogP contribution in [0.1, 0.15) is 30.5 Å². The molecule has 0 spiro atoms. The molecule has 33 heavy (non-hydrogen) atoms. The minimum absolute atomic E-state index is 0.0526. The van der Waals surface area contributed by atoms with Gasteiger partial charge in [0.2, 0.25) is 5.91 Å². The molecule has 8 heteroatoms. The lowest BCUT2D eigenvalue weighted by Gasteiger charge is -2.38. The van der Waals surface area contributed by atoms with Crippen LogP contribution in [0.25, 0.3) is 0 Å². The molecule has 1 fully saturated rings. The van der Waals surface area contributed by atoms with Crippen molar-refractivity contribution in [3.63, 3.8) is 0 Å². The largest absolute Gasteiger partial charge is 0.354 e. The number of amides is 1. The number of carbonyl (C=O) groups excluding carboxylic acids is 1. The first kappa shape index (κ1) is 21.3. The monoisotopic (exact) mass is 446 g/mol. The van der Waals surface area contributed by atoms with E-state index in [2.05, 4.69) is 37.3 Å². The summed E-state index contributed by atoms with van der Waals surface area (Å²) in [6.07, 6.45) is 2.88. The minimum atomic E-state index is -0.205. The second-order valence-corrected chi connectivity index (χ2v) is 8.56. The lowest BCUT2D eigenvalue weighted by molar-refractivity contribution is -0.116. The molecule has 1 aromatic heterocycles. The molecule has 2 aliphatic rings. The molecule has 170 valence electrons. The number of hydrogen-bond donors (Lipinski definition) is 2. The van der Waals surface area contributed by atoms with Crippen molar-refractivity contribution >= 4 is 28.9 Å². The van der Waals surface area contributed by atoms with Crippen LogP contribution in [0.15, 0.2) is 54.9 Å². The number of benzene rings is 2. The highest BCUT2D eigenvalue weighted by Gasteiger charge is 2.23. The van der Waals surface area contributed by atoms with Crippen molar-refractivity contribution in [3.8, 4) is 0 Å². The number of halogens is 1. The number of fused-ring (bicyclic) bond motifs is 1. The van der Waals surface area contributed by atoms with Crippen LogP contribution < -0.4 is 15.5 Å². The maximum Gasteiger partial charge on any atom is 0.224 e. The van der Waals surface area contributed by atoms with Gasteiger partial charge < -0.3 is 15.5 Å². The van der Waals surface area contributed by atoms with E-state index in [0.717, 1.165) is 60.9 Å². The van der Waals surface area contributed by atoms with Crippen molar-refractivity contribution in [2.24, 2.45) is 0 Å². The third-order valence-corrected chi connectivity index (χ3v) is 6.47. The van der Waals surface area contributed by atoms with Gasteiger partial charge in [0.05, 0.1) is 0 Å². The Hall–Kier alpha value is -3.52. The van der Waals surface area contributed by atoms with Gasteiger partial charge in [-0.2, -0.15) is 0 Å². The van der Waals surface area contributed by atoms with Gasteiger partial charge in [0.1, 0.15) is 23.8 Å². The maximum atomic E-state index is 13.2. The highest BCUT2D eigenvalue weighted by Crippen LogP contribution is 2.28. The van der Waals surface area contributed by atoms with Gasteiger partial charge >= 0.3 is 0 Å². The predicted molar refractivity (Wildman–Crippen MR) is 127 cm³/mol. The summed E-state index contributed by atoms with van der Waals surface area (Å²) in [5.74, 6) is 1.44. The lowest BCUT2D eigenvalue weighted by Crippen LogP contribution is -2.47. The molecule has 1 saturated heterocycles. The van der Waals surface area contributed by atoms with E-state index in [1.54, 1.807) is 6.33 Å². The Balaban J connectivity index is 1.22. The Bertz CT molecular complexity index is 1140. The minimum Gasteiger partial charge on any atom is -0.354 e. The fourth-order valence-electron chi connectivity index (χ4n) is 4.48. The van der Waals surface area contributed by atoms with Crippen molar-refractivity contribution in [2.75, 3.05) is 41.7 Å². The van der Waals surface area contributed by atoms with Gasteiger partial charge in [-0.15, -0.1) is 0 Å². The zero-order chi connectivity index (χ0) is 22.8. The summed E-state index contributed by atoms with van der Waals surface area (Å²) in [5.41, 5.74) is 4.01. The molecule has 1 atom stereocenters. The first-order valence-electron chi connectivity index (χ1n) is 11.3. The Morgan fingerprint density at radius 1 is 1.00 bits per heavy atom. The van der Waals surface area contributed by atoms with Crippen LogP contribution in [0, 0.1) is 5.82 Å². The van der Waals surface area contributed by atoms with Crippen LogP contribution in [-0.4, -0.2) is 47.0 Å². The first-order valence-corrected chi connectivity index (χ1v) is 11.3. The van der Waals surface area contributed by atoms with Crippen molar-refractivity contribution in [1.29, 1.82) is 0 Å². The molecular formula is C25H27FN6O. The fourth-order valence-corrected chi connectivity index (χ4v) is 4.48. The Labute approximate surface area is 192 Å². The summed E-state index contributed by atoms with van der Waals surface area (Å²) in [6.45, 7) is 5.67. The van der Waals surface area contributed by atoms with Crippen LogP contribution in [0.4, 0.5) is 27.4 Å². The number of aryl methyl sites for hydroxylation is 1. The van der Waals surface area contributed by atoms with E-state index in [4.69, 9.17) is 0 Å². The normalized spacial score (nSPS) is 17.3. The summed E-state index contributed by atoms with van der Waals surface area (Å²) in [4.78, 5) is 25.2. The molecule has 1 unspecified atom stereocenters. The number of hydrogen-bond acceptors (Lipinski definition) is 6. The molecule has 1 amide bonds. The van der Waals surface area contributed by atoms with Gasteiger partial charge in [-0.3, -0.25) is 9.69 Å². The third-order valence-electron chi connectivity index (χ3n) is 6.47. The van der Waals surface area contributed by atoms with E-state index >= 15 is 0 Å². The average molecular weight is 447 g/mol. The Morgan fingerprint density at radius 2 is 1.79 bits per heavy atom. The molecule has 0 saturated carbocycles. The maximum absolute atomic E-state index is 13.2. The summed E-state index contributed by atoms with van der Waals surface area (Å²) in [7, 11) is 0. The molecule has 2 aliphatic heterocycles. The number of rotatable bonds is 5. The van der Waals surface area contributed by atoms with Gasteiger partial charge in [0.15, 0.2) is 0 Å². The molecule has 3 aromatic rings. The standard InChI is InChI=1S/C25H27FN6O/c1-17(18-2-6-20(26)7-3-18)31-10-12-32(13-11-31)24-15-23(27-16-28-24)29-21-8-4-19-5-9-25(33)30-22(19)14-21/h2-4,6-8,14-17H,5,9-13H2,1H3,(H,30,33)(H,27,28,29). The summed E-state index contributed by atoms with van der Waals surface area (Å²) in [6, 6.07) is 15.0. The summed E-state index contributed by atoms with van der Waals surface area (Å²) in [5, 5.41) is 6.26. The van der Waals surface area contributed by atoms with Gasteiger partial charge in [0, 0.05) is 56.1 Å². The van der Waals surface area contributed by atoms with Crippen LogP contribution >= 0.6 is 0 Å². The molecule has 7 nitrogen and oxygen atoms in total. The van der Waals surface area contributed by atoms with Crippen LogP contribution in [0.2, 0.25) is 0 Å². The number of aromatic nitrogens is 2. The van der Waals surface area contributed by atoms with Gasteiger partial charge in [-0.05, 0) is 48.7 Å². The molecule has 0 aliphatic carbocycles. The second kappa shape index (κ2) is 9.15. The number of nitrogens with zero attached hydrogens (tertiary/aromatic N) is 4. The van der Waals surface area contributed by atoms with Gasteiger partial charge in [-0.25, -0.2) is 14.4 Å². The molecular weight excluding hydrogens is 419 g/mol. The molecule has 3 heterocycles. The molecule has 5 rings (SSSR count). The Kier molecular flexibility index (Phi) is 5.92. The van der Waals surface area contributed by atoms with Crippen molar-refractivity contribution in [1.82, 2.24) is 14.9 Å². The highest BCUT2D eigenvalue weighted by atomic mass is 19.1. The first-order chi connectivity index (χ1) is 16.0. The highest BCUT2D eigenvalue weighted by molar-refractivity contribution is 5.94. The van der Waals surface area contributed by atoms with Crippen molar-refractivity contribution < 1.29 is 9.18 Å².